The second-order valence-corrected chi connectivity index (χ2v) is 4.87. The van der Waals surface area contributed by atoms with Crippen molar-refractivity contribution in [3.63, 3.8) is 0 Å². The number of benzene rings is 1. The molecule has 0 saturated carbocycles. The van der Waals surface area contributed by atoms with Gasteiger partial charge in [-0.2, -0.15) is 5.10 Å². The third kappa shape index (κ3) is 3.11. The van der Waals surface area contributed by atoms with Crippen molar-refractivity contribution in [1.29, 1.82) is 0 Å². The zero-order valence-electron chi connectivity index (χ0n) is 12.0. The van der Waals surface area contributed by atoms with E-state index in [0.717, 1.165) is 30.0 Å². The van der Waals surface area contributed by atoms with E-state index < -0.39 is 0 Å². The van der Waals surface area contributed by atoms with Gasteiger partial charge in [-0.25, -0.2) is 9.67 Å². The lowest BCUT2D eigenvalue weighted by Gasteiger charge is -2.06. The lowest BCUT2D eigenvalue weighted by molar-refractivity contribution is 0.876. The van der Waals surface area contributed by atoms with Crippen LogP contribution in [0.4, 0.5) is 5.82 Å². The van der Waals surface area contributed by atoms with Crippen molar-refractivity contribution in [3.05, 3.63) is 61.1 Å². The zero-order valence-corrected chi connectivity index (χ0v) is 12.0. The fourth-order valence-electron chi connectivity index (χ4n) is 2.16. The standard InChI is InChI=1S/C17H18N4/c1-2-9-18-17-11-16(8-10-19-17)21-13-15(12-20-21)14-6-4-3-5-7-14/h3-8,10-13H,2,9H2,1H3,(H,18,19). The summed E-state index contributed by atoms with van der Waals surface area (Å²) in [5.74, 6) is 0.881. The summed E-state index contributed by atoms with van der Waals surface area (Å²) in [6.45, 7) is 3.06. The molecule has 4 heteroatoms. The first kappa shape index (κ1) is 13.4. The van der Waals surface area contributed by atoms with E-state index in [4.69, 9.17) is 0 Å². The third-order valence-corrected chi connectivity index (χ3v) is 3.25. The fourth-order valence-corrected chi connectivity index (χ4v) is 2.16. The highest BCUT2D eigenvalue weighted by Crippen LogP contribution is 2.20. The Morgan fingerprint density at radius 1 is 1.10 bits per heavy atom. The van der Waals surface area contributed by atoms with E-state index in [1.165, 1.54) is 5.56 Å². The largest absolute Gasteiger partial charge is 0.370 e. The summed E-state index contributed by atoms with van der Waals surface area (Å²) in [6.07, 6.45) is 6.80. The van der Waals surface area contributed by atoms with Gasteiger partial charge in [0.15, 0.2) is 0 Å². The van der Waals surface area contributed by atoms with E-state index in [0.29, 0.717) is 0 Å². The molecule has 106 valence electrons. The Bertz CT molecular complexity index is 704. The highest BCUT2D eigenvalue weighted by Gasteiger charge is 2.04. The van der Waals surface area contributed by atoms with E-state index in [1.807, 2.05) is 47.4 Å². The molecule has 0 fully saturated rings. The van der Waals surface area contributed by atoms with Crippen LogP contribution < -0.4 is 5.32 Å². The van der Waals surface area contributed by atoms with E-state index in [1.54, 1.807) is 6.20 Å². The zero-order chi connectivity index (χ0) is 14.5. The Morgan fingerprint density at radius 3 is 2.76 bits per heavy atom. The summed E-state index contributed by atoms with van der Waals surface area (Å²) >= 11 is 0. The van der Waals surface area contributed by atoms with Gasteiger partial charge in [0.25, 0.3) is 0 Å². The summed E-state index contributed by atoms with van der Waals surface area (Å²) in [4.78, 5) is 4.32. The summed E-state index contributed by atoms with van der Waals surface area (Å²) in [5, 5.41) is 7.74. The van der Waals surface area contributed by atoms with Crippen LogP contribution in [0.15, 0.2) is 61.1 Å². The van der Waals surface area contributed by atoms with Crippen LogP contribution in [0.5, 0.6) is 0 Å². The van der Waals surface area contributed by atoms with Crippen LogP contribution in [0.1, 0.15) is 13.3 Å². The first-order valence-electron chi connectivity index (χ1n) is 7.17. The summed E-state index contributed by atoms with van der Waals surface area (Å²) < 4.78 is 1.88. The van der Waals surface area contributed by atoms with Crippen molar-refractivity contribution in [2.45, 2.75) is 13.3 Å². The first-order chi connectivity index (χ1) is 10.4. The normalized spacial score (nSPS) is 10.5. The average molecular weight is 278 g/mol. The highest BCUT2D eigenvalue weighted by molar-refractivity contribution is 5.62. The molecule has 0 spiro atoms. The minimum Gasteiger partial charge on any atom is -0.370 e. The number of rotatable bonds is 5. The number of nitrogens with zero attached hydrogens (tertiary/aromatic N) is 3. The minimum absolute atomic E-state index is 0.881. The topological polar surface area (TPSA) is 42.7 Å². The second-order valence-electron chi connectivity index (χ2n) is 4.87. The van der Waals surface area contributed by atoms with Crippen LogP contribution in [0.25, 0.3) is 16.8 Å². The molecule has 0 aliphatic heterocycles. The second kappa shape index (κ2) is 6.22. The molecule has 1 N–H and O–H groups in total. The number of aromatic nitrogens is 3. The van der Waals surface area contributed by atoms with Crippen molar-refractivity contribution in [3.8, 4) is 16.8 Å². The maximum atomic E-state index is 4.45. The number of hydrogen-bond donors (Lipinski definition) is 1. The molecular weight excluding hydrogens is 260 g/mol. The van der Waals surface area contributed by atoms with E-state index in [2.05, 4.69) is 34.5 Å². The first-order valence-corrected chi connectivity index (χ1v) is 7.17. The maximum absolute atomic E-state index is 4.45. The van der Waals surface area contributed by atoms with Gasteiger partial charge >= 0.3 is 0 Å². The van der Waals surface area contributed by atoms with Crippen LogP contribution in [-0.2, 0) is 0 Å². The van der Waals surface area contributed by atoms with Crippen molar-refractivity contribution in [2.24, 2.45) is 0 Å². The summed E-state index contributed by atoms with van der Waals surface area (Å²) in [5.41, 5.74) is 3.28. The predicted octanol–water partition coefficient (Wildman–Crippen LogP) is 3.76. The Labute approximate surface area is 124 Å². The Kier molecular flexibility index (Phi) is 3.96. The van der Waals surface area contributed by atoms with Crippen LogP contribution in [0.3, 0.4) is 0 Å². The van der Waals surface area contributed by atoms with Gasteiger partial charge in [-0.3, -0.25) is 0 Å². The molecule has 0 amide bonds. The van der Waals surface area contributed by atoms with E-state index in [-0.39, 0.29) is 0 Å². The molecule has 0 atom stereocenters. The number of hydrogen-bond acceptors (Lipinski definition) is 3. The van der Waals surface area contributed by atoms with Gasteiger partial charge < -0.3 is 5.32 Å². The van der Waals surface area contributed by atoms with Crippen molar-refractivity contribution >= 4 is 5.82 Å². The van der Waals surface area contributed by atoms with Crippen LogP contribution in [0.2, 0.25) is 0 Å². The average Bonchev–Trinajstić information content (AvgIpc) is 3.04. The summed E-state index contributed by atoms with van der Waals surface area (Å²) in [6, 6.07) is 14.2. The fraction of sp³-hybridized carbons (Fsp3) is 0.176. The van der Waals surface area contributed by atoms with Crippen LogP contribution >= 0.6 is 0 Å². The van der Waals surface area contributed by atoms with E-state index in [9.17, 15) is 0 Å². The molecule has 2 aromatic heterocycles. The number of anilines is 1. The van der Waals surface area contributed by atoms with Crippen molar-refractivity contribution < 1.29 is 0 Å². The molecule has 1 aromatic carbocycles. The molecule has 0 aliphatic carbocycles. The lowest BCUT2D eigenvalue weighted by Crippen LogP contribution is -2.03. The van der Waals surface area contributed by atoms with Gasteiger partial charge in [-0.15, -0.1) is 0 Å². The van der Waals surface area contributed by atoms with Crippen LogP contribution in [-0.4, -0.2) is 21.3 Å². The number of nitrogens with one attached hydrogen (secondary N) is 1. The number of pyridine rings is 1. The monoisotopic (exact) mass is 278 g/mol. The molecule has 0 saturated heterocycles. The molecule has 0 aliphatic rings. The molecule has 0 unspecified atom stereocenters. The molecule has 3 aromatic rings. The van der Waals surface area contributed by atoms with E-state index >= 15 is 0 Å². The van der Waals surface area contributed by atoms with Crippen molar-refractivity contribution in [1.82, 2.24) is 14.8 Å². The van der Waals surface area contributed by atoms with Gasteiger partial charge in [-0.05, 0) is 18.1 Å². The smallest absolute Gasteiger partial charge is 0.128 e. The molecule has 4 nitrogen and oxygen atoms in total. The minimum atomic E-state index is 0.881. The SMILES string of the molecule is CCCNc1cc(-n2cc(-c3ccccc3)cn2)ccn1. The molecular formula is C17H18N4. The van der Waals surface area contributed by atoms with Crippen LogP contribution in [0, 0.1) is 0 Å². The van der Waals surface area contributed by atoms with Gasteiger partial charge in [0.05, 0.1) is 11.9 Å². The lowest BCUT2D eigenvalue weighted by atomic mass is 10.1. The molecule has 0 radical (unpaired) electrons. The van der Waals surface area contributed by atoms with Gasteiger partial charge in [0.2, 0.25) is 0 Å². The maximum Gasteiger partial charge on any atom is 0.128 e. The van der Waals surface area contributed by atoms with Gasteiger partial charge in [0.1, 0.15) is 5.82 Å². The van der Waals surface area contributed by atoms with Gasteiger partial charge in [-0.1, -0.05) is 37.3 Å². The predicted molar refractivity (Wildman–Crippen MR) is 85.6 cm³/mol. The Morgan fingerprint density at radius 2 is 1.95 bits per heavy atom. The quantitative estimate of drug-likeness (QED) is 0.772. The Hall–Kier alpha value is -2.62. The molecule has 2 heterocycles. The van der Waals surface area contributed by atoms with Gasteiger partial charge in [0, 0.05) is 30.6 Å². The molecule has 3 rings (SSSR count). The Balaban J connectivity index is 1.86. The molecule has 0 bridgehead atoms. The van der Waals surface area contributed by atoms with Crippen molar-refractivity contribution in [2.75, 3.05) is 11.9 Å². The molecule has 21 heavy (non-hydrogen) atoms. The summed E-state index contributed by atoms with van der Waals surface area (Å²) in [7, 11) is 0. The third-order valence-electron chi connectivity index (χ3n) is 3.25. The highest BCUT2D eigenvalue weighted by atomic mass is 15.3.